The van der Waals surface area contributed by atoms with Crippen LogP contribution < -0.4 is 4.74 Å². The zero-order chi connectivity index (χ0) is 30.7. The smallest absolute Gasteiger partial charge is 0.460 e. The van der Waals surface area contributed by atoms with Crippen LogP contribution in [0.25, 0.3) is 0 Å². The van der Waals surface area contributed by atoms with Gasteiger partial charge in [0.2, 0.25) is 0 Å². The van der Waals surface area contributed by atoms with Crippen LogP contribution in [0.3, 0.4) is 0 Å². The summed E-state index contributed by atoms with van der Waals surface area (Å²) < 4.78 is 211. The summed E-state index contributed by atoms with van der Waals surface area (Å²) in [5, 5.41) is 17.6. The maximum absolute atomic E-state index is 14.4. The van der Waals surface area contributed by atoms with Crippen molar-refractivity contribution in [3.8, 4) is 5.75 Å². The molecule has 2 N–H and O–H groups in total. The molecule has 218 valence electrons. The minimum absolute atomic E-state index is 0.0893. The molecule has 0 bridgehead atoms. The highest BCUT2D eigenvalue weighted by atomic mass is 79.9. The third-order valence-corrected chi connectivity index (χ3v) is 5.35. The molecule has 1 rings (SSSR count). The second kappa shape index (κ2) is 9.21. The number of carbonyl (C=O) groups is 2. The van der Waals surface area contributed by atoms with Crippen LogP contribution in [-0.2, 0) is 0 Å². The minimum Gasteiger partial charge on any atom is -0.478 e. The number of benzene rings is 1. The predicted molar refractivity (Wildman–Crippen MR) is 89.5 cm³/mol. The lowest BCUT2D eigenvalue weighted by Gasteiger charge is -2.43. The molecule has 0 heterocycles. The average molecular weight is 661 g/mol. The first-order valence-electron chi connectivity index (χ1n) is 8.46. The summed E-state index contributed by atoms with van der Waals surface area (Å²) >= 11 is 0.453. The quantitative estimate of drug-likeness (QED) is 0.212. The van der Waals surface area contributed by atoms with Crippen molar-refractivity contribution in [3.05, 3.63) is 29.3 Å². The highest BCUT2D eigenvalue weighted by molar-refractivity contribution is 9.10. The van der Waals surface area contributed by atoms with E-state index in [0.717, 1.165) is 0 Å². The topological polar surface area (TPSA) is 83.8 Å². The zero-order valence-electron chi connectivity index (χ0n) is 16.8. The van der Waals surface area contributed by atoms with Crippen LogP contribution in [0, 0.1) is 0 Å². The van der Waals surface area contributed by atoms with Crippen molar-refractivity contribution in [2.45, 2.75) is 46.5 Å². The van der Waals surface area contributed by atoms with Crippen LogP contribution >= 0.6 is 15.9 Å². The lowest BCUT2D eigenvalue weighted by Crippen LogP contribution is -2.74. The molecule has 0 saturated heterocycles. The SMILES string of the molecule is O=C(O)c1ccc(C(=O)O)c(OC(F)(F)C(F)(Br)C(F)(F)C(F)(F)C(F)(F)C(F)(F)C(F)(F)C(F)(F)F)c1. The number of carboxylic acid groups (broad SMARTS) is 2. The first-order chi connectivity index (χ1) is 16.5. The molecule has 0 saturated carbocycles. The number of carboxylic acids is 2. The second-order valence-electron chi connectivity index (χ2n) is 6.88. The van der Waals surface area contributed by atoms with Crippen molar-refractivity contribution in [1.82, 2.24) is 0 Å². The number of ether oxygens (including phenoxy) is 1. The molecule has 1 atom stereocenters. The molecule has 0 radical (unpaired) electrons. The van der Waals surface area contributed by atoms with Crippen molar-refractivity contribution < 1.29 is 94.8 Å². The van der Waals surface area contributed by atoms with Gasteiger partial charge in [-0.05, 0) is 34.1 Å². The van der Waals surface area contributed by atoms with E-state index in [9.17, 15) is 79.8 Å². The van der Waals surface area contributed by atoms with Crippen LogP contribution in [0.5, 0.6) is 5.75 Å². The number of alkyl halides is 17. The van der Waals surface area contributed by atoms with Gasteiger partial charge in [0.05, 0.1) is 5.56 Å². The van der Waals surface area contributed by atoms with Crippen molar-refractivity contribution in [1.29, 1.82) is 0 Å². The molecule has 22 heteroatoms. The van der Waals surface area contributed by atoms with E-state index >= 15 is 0 Å². The molecule has 0 aliphatic rings. The lowest BCUT2D eigenvalue weighted by atomic mass is 9.91. The molecule has 0 aromatic heterocycles. The molecule has 1 unspecified atom stereocenters. The largest absolute Gasteiger partial charge is 0.478 e. The number of aromatic carboxylic acids is 2. The maximum Gasteiger partial charge on any atom is 0.460 e. The summed E-state index contributed by atoms with van der Waals surface area (Å²) in [4.78, 5) is 21.9. The predicted octanol–water partition coefficient (Wildman–Crippen LogP) is 6.85. The van der Waals surface area contributed by atoms with Gasteiger partial charge < -0.3 is 14.9 Å². The molecule has 0 spiro atoms. The Morgan fingerprint density at radius 3 is 1.39 bits per heavy atom. The molecule has 0 aliphatic carbocycles. The van der Waals surface area contributed by atoms with E-state index in [-0.39, 0.29) is 12.1 Å². The van der Waals surface area contributed by atoms with Crippen molar-refractivity contribution >= 4 is 27.9 Å². The lowest BCUT2D eigenvalue weighted by molar-refractivity contribution is -0.450. The Labute approximate surface area is 205 Å². The van der Waals surface area contributed by atoms with E-state index < -0.39 is 75.3 Å². The van der Waals surface area contributed by atoms with E-state index in [2.05, 4.69) is 4.74 Å². The number of rotatable bonds is 10. The molecule has 5 nitrogen and oxygen atoms in total. The number of hydrogen-bond acceptors (Lipinski definition) is 3. The Kier molecular flexibility index (Phi) is 8.08. The molecule has 1 aromatic rings. The summed E-state index contributed by atoms with van der Waals surface area (Å²) in [7, 11) is 0. The van der Waals surface area contributed by atoms with Crippen LogP contribution in [0.4, 0.5) is 70.2 Å². The van der Waals surface area contributed by atoms with Gasteiger partial charge in [-0.25, -0.2) is 14.0 Å². The maximum atomic E-state index is 14.4. The summed E-state index contributed by atoms with van der Waals surface area (Å²) in [5.41, 5.74) is -2.87. The van der Waals surface area contributed by atoms with Gasteiger partial charge in [-0.3, -0.25) is 0 Å². The highest BCUT2D eigenvalue weighted by Crippen LogP contribution is 2.64. The third kappa shape index (κ3) is 4.67. The van der Waals surface area contributed by atoms with Crippen molar-refractivity contribution in [2.24, 2.45) is 0 Å². The zero-order valence-corrected chi connectivity index (χ0v) is 18.4. The van der Waals surface area contributed by atoms with E-state index in [0.29, 0.717) is 22.0 Å². The molecule has 38 heavy (non-hydrogen) atoms. The summed E-state index contributed by atoms with van der Waals surface area (Å²) in [6.45, 7) is 0. The highest BCUT2D eigenvalue weighted by Gasteiger charge is 2.95. The Morgan fingerprint density at radius 2 is 1.03 bits per heavy atom. The van der Waals surface area contributed by atoms with E-state index in [1.54, 1.807) is 0 Å². The van der Waals surface area contributed by atoms with E-state index in [1.807, 2.05) is 0 Å². The molecular weight excluding hydrogens is 656 g/mol. The van der Waals surface area contributed by atoms with Gasteiger partial charge in [0.15, 0.2) is 0 Å². The summed E-state index contributed by atoms with van der Waals surface area (Å²) in [5.74, 6) is -48.6. The first-order valence-corrected chi connectivity index (χ1v) is 9.26. The van der Waals surface area contributed by atoms with Crippen LogP contribution in [0.1, 0.15) is 20.7 Å². The third-order valence-electron chi connectivity index (χ3n) is 4.39. The fourth-order valence-corrected chi connectivity index (χ4v) is 2.60. The van der Waals surface area contributed by atoms with Gasteiger partial charge in [-0.2, -0.15) is 65.9 Å². The van der Waals surface area contributed by atoms with Crippen LogP contribution in [0.15, 0.2) is 18.2 Å². The minimum atomic E-state index is -8.64. The number of halogens is 17. The van der Waals surface area contributed by atoms with Crippen molar-refractivity contribution in [2.75, 3.05) is 0 Å². The Balaban J connectivity index is 3.74. The normalized spacial score (nSPS) is 16.1. The van der Waals surface area contributed by atoms with Gasteiger partial charge in [0.25, 0.3) is 0 Å². The average Bonchev–Trinajstić information content (AvgIpc) is 2.71. The van der Waals surface area contributed by atoms with Crippen LogP contribution in [0.2, 0.25) is 0 Å². The Bertz CT molecular complexity index is 1100. The molecule has 0 fully saturated rings. The van der Waals surface area contributed by atoms with Crippen molar-refractivity contribution in [3.63, 3.8) is 0 Å². The van der Waals surface area contributed by atoms with Gasteiger partial charge in [-0.1, -0.05) is 0 Å². The fraction of sp³-hybridized carbons (Fsp3) is 0.500. The summed E-state index contributed by atoms with van der Waals surface area (Å²) in [6, 6.07) is 0.150. The Hall–Kier alpha value is -2.68. The van der Waals surface area contributed by atoms with E-state index in [1.165, 1.54) is 0 Å². The monoisotopic (exact) mass is 660 g/mol. The second-order valence-corrected chi connectivity index (χ2v) is 7.98. The van der Waals surface area contributed by atoms with Gasteiger partial charge in [0, 0.05) is 0 Å². The van der Waals surface area contributed by atoms with Gasteiger partial charge in [-0.15, -0.1) is 0 Å². The fourth-order valence-electron chi connectivity index (χ4n) is 2.27. The number of hydrogen-bond donors (Lipinski definition) is 2. The van der Waals surface area contributed by atoms with E-state index in [4.69, 9.17) is 10.2 Å². The molecule has 0 amide bonds. The standard InChI is InChI=1S/C16H5BrF16O5/c17-9(18,16(32,33)38-6-3-4(7(34)35)1-2-5(6)8(36)37)10(19,20)11(21,22)12(23,24)13(25,26)14(27,28)15(29,30)31/h1-3H,(H,34,35)(H,36,37). The molecule has 0 aliphatic heterocycles. The molecule has 1 aromatic carbocycles. The van der Waals surface area contributed by atoms with Gasteiger partial charge in [0.1, 0.15) is 11.3 Å². The van der Waals surface area contributed by atoms with Crippen LogP contribution in [-0.4, -0.2) is 68.6 Å². The molecular formula is C16H5BrF16O5. The first kappa shape index (κ1) is 33.3. The summed E-state index contributed by atoms with van der Waals surface area (Å²) in [6.07, 6.45) is -14.6. The van der Waals surface area contributed by atoms with Gasteiger partial charge >= 0.3 is 58.4 Å². The Morgan fingerprint density at radius 1 is 0.632 bits per heavy atom.